The fraction of sp³-hybridized carbons (Fsp3) is 0.310. The molecular weight excluding hydrogens is 438 g/mol. The van der Waals surface area contributed by atoms with Gasteiger partial charge in [-0.2, -0.15) is 0 Å². The van der Waals surface area contributed by atoms with E-state index in [0.29, 0.717) is 43.9 Å². The Morgan fingerprint density at radius 1 is 0.943 bits per heavy atom. The van der Waals surface area contributed by atoms with Crippen molar-refractivity contribution in [1.82, 2.24) is 14.7 Å². The number of hydrogen-bond donors (Lipinski definition) is 0. The molecule has 35 heavy (non-hydrogen) atoms. The summed E-state index contributed by atoms with van der Waals surface area (Å²) >= 11 is 0. The largest absolute Gasteiger partial charge is 0.469 e. The van der Waals surface area contributed by atoms with E-state index >= 15 is 0 Å². The van der Waals surface area contributed by atoms with Gasteiger partial charge in [0.15, 0.2) is 0 Å². The number of furan rings is 1. The third-order valence-electron chi connectivity index (χ3n) is 6.39. The van der Waals surface area contributed by atoms with E-state index in [4.69, 9.17) is 4.42 Å². The summed E-state index contributed by atoms with van der Waals surface area (Å²) in [6, 6.07) is 21.8. The van der Waals surface area contributed by atoms with Crippen LogP contribution in [-0.4, -0.2) is 65.8 Å². The zero-order valence-corrected chi connectivity index (χ0v) is 20.3. The lowest BCUT2D eigenvalue weighted by atomic mass is 10.1. The molecule has 2 amide bonds. The Balaban J connectivity index is 1.28. The van der Waals surface area contributed by atoms with Crippen LogP contribution in [0.5, 0.6) is 0 Å². The van der Waals surface area contributed by atoms with Crippen LogP contribution in [0.25, 0.3) is 6.08 Å². The monoisotopic (exact) mass is 471 g/mol. The average molecular weight is 472 g/mol. The van der Waals surface area contributed by atoms with Crippen molar-refractivity contribution < 1.29 is 14.0 Å². The third-order valence-corrected chi connectivity index (χ3v) is 6.39. The minimum absolute atomic E-state index is 0.0965. The summed E-state index contributed by atoms with van der Waals surface area (Å²) in [5.41, 5.74) is 2.78. The molecule has 6 nitrogen and oxygen atoms in total. The minimum Gasteiger partial charge on any atom is -0.469 e. The van der Waals surface area contributed by atoms with E-state index in [0.717, 1.165) is 25.2 Å². The van der Waals surface area contributed by atoms with Crippen LogP contribution in [0.1, 0.15) is 33.7 Å². The van der Waals surface area contributed by atoms with Crippen molar-refractivity contribution in [3.05, 3.63) is 102 Å². The second-order valence-electron chi connectivity index (χ2n) is 8.85. The highest BCUT2D eigenvalue weighted by Crippen LogP contribution is 2.16. The van der Waals surface area contributed by atoms with E-state index in [1.54, 1.807) is 17.9 Å². The zero-order valence-electron chi connectivity index (χ0n) is 20.3. The van der Waals surface area contributed by atoms with Crippen molar-refractivity contribution in [2.24, 2.45) is 0 Å². The molecule has 3 aromatic rings. The molecule has 6 heteroatoms. The molecule has 0 spiro atoms. The normalized spacial score (nSPS) is 14.4. The maximum atomic E-state index is 13.2. The fourth-order valence-corrected chi connectivity index (χ4v) is 4.30. The van der Waals surface area contributed by atoms with E-state index in [-0.39, 0.29) is 11.8 Å². The molecule has 0 saturated carbocycles. The summed E-state index contributed by atoms with van der Waals surface area (Å²) in [6.07, 6.45) is 6.15. The van der Waals surface area contributed by atoms with Crippen LogP contribution >= 0.6 is 0 Å². The summed E-state index contributed by atoms with van der Waals surface area (Å²) < 4.78 is 5.34. The highest BCUT2D eigenvalue weighted by atomic mass is 16.3. The number of carbonyl (C=O) groups is 2. The van der Waals surface area contributed by atoms with Crippen LogP contribution in [0.3, 0.4) is 0 Å². The Hall–Kier alpha value is -3.64. The van der Waals surface area contributed by atoms with Crippen LogP contribution < -0.4 is 0 Å². The van der Waals surface area contributed by atoms with Crippen molar-refractivity contribution in [3.63, 3.8) is 0 Å². The molecule has 182 valence electrons. The fourth-order valence-electron chi connectivity index (χ4n) is 4.30. The summed E-state index contributed by atoms with van der Waals surface area (Å²) in [7, 11) is 0. The molecule has 1 fully saturated rings. The SMILES string of the molecule is Cc1occc1C(=O)N(CCC(=O)N1CCN(CC=Cc2ccccc2)CC1)Cc1ccccc1. The van der Waals surface area contributed by atoms with Crippen molar-refractivity contribution in [3.8, 4) is 0 Å². The summed E-state index contributed by atoms with van der Waals surface area (Å²) in [4.78, 5) is 32.2. The molecule has 0 N–H and O–H groups in total. The lowest BCUT2D eigenvalue weighted by Gasteiger charge is -2.34. The average Bonchev–Trinajstić information content (AvgIpc) is 3.33. The van der Waals surface area contributed by atoms with Gasteiger partial charge in [0.2, 0.25) is 5.91 Å². The summed E-state index contributed by atoms with van der Waals surface area (Å²) in [6.45, 7) is 6.62. The van der Waals surface area contributed by atoms with Crippen LogP contribution in [0, 0.1) is 6.92 Å². The number of nitrogens with zero attached hydrogens (tertiary/aromatic N) is 3. The highest BCUT2D eigenvalue weighted by Gasteiger charge is 2.24. The molecular formula is C29H33N3O3. The van der Waals surface area contributed by atoms with Gasteiger partial charge >= 0.3 is 0 Å². The van der Waals surface area contributed by atoms with Crippen LogP contribution in [0.15, 0.2) is 83.5 Å². The second-order valence-corrected chi connectivity index (χ2v) is 8.85. The van der Waals surface area contributed by atoms with Crippen LogP contribution in [0.4, 0.5) is 0 Å². The number of piperazine rings is 1. The van der Waals surface area contributed by atoms with E-state index < -0.39 is 0 Å². The van der Waals surface area contributed by atoms with Gasteiger partial charge < -0.3 is 14.2 Å². The van der Waals surface area contributed by atoms with Gasteiger partial charge in [0.05, 0.1) is 11.8 Å². The molecule has 1 aliphatic rings. The van der Waals surface area contributed by atoms with Crippen molar-refractivity contribution in [1.29, 1.82) is 0 Å². The first-order valence-electron chi connectivity index (χ1n) is 12.2. The smallest absolute Gasteiger partial charge is 0.257 e. The first-order valence-corrected chi connectivity index (χ1v) is 12.2. The highest BCUT2D eigenvalue weighted by molar-refractivity contribution is 5.95. The van der Waals surface area contributed by atoms with Gasteiger partial charge in [-0.25, -0.2) is 0 Å². The molecule has 0 radical (unpaired) electrons. The number of carbonyl (C=O) groups excluding carboxylic acids is 2. The van der Waals surface area contributed by atoms with Crippen molar-refractivity contribution in [2.75, 3.05) is 39.3 Å². The maximum Gasteiger partial charge on any atom is 0.257 e. The first kappa shape index (κ1) is 24.5. The number of amides is 2. The molecule has 1 aromatic heterocycles. The van der Waals surface area contributed by atoms with E-state index in [1.807, 2.05) is 53.4 Å². The molecule has 0 bridgehead atoms. The Morgan fingerprint density at radius 3 is 2.29 bits per heavy atom. The lowest BCUT2D eigenvalue weighted by molar-refractivity contribution is -0.133. The Kier molecular flexibility index (Phi) is 8.52. The Bertz CT molecular complexity index is 1120. The first-order chi connectivity index (χ1) is 17.1. The van der Waals surface area contributed by atoms with E-state index in [2.05, 4.69) is 29.2 Å². The van der Waals surface area contributed by atoms with Gasteiger partial charge in [0.1, 0.15) is 5.76 Å². The molecule has 1 aliphatic heterocycles. The van der Waals surface area contributed by atoms with E-state index in [9.17, 15) is 9.59 Å². The molecule has 0 aliphatic carbocycles. The van der Waals surface area contributed by atoms with Gasteiger partial charge in [-0.1, -0.05) is 72.8 Å². The predicted octanol–water partition coefficient (Wildman–Crippen LogP) is 4.48. The van der Waals surface area contributed by atoms with E-state index in [1.165, 1.54) is 11.8 Å². The quantitative estimate of drug-likeness (QED) is 0.462. The Morgan fingerprint density at radius 2 is 1.63 bits per heavy atom. The number of hydrogen-bond acceptors (Lipinski definition) is 4. The van der Waals surface area contributed by atoms with Gasteiger partial charge in [-0.3, -0.25) is 14.5 Å². The lowest BCUT2D eigenvalue weighted by Crippen LogP contribution is -2.49. The Labute approximate surface area is 207 Å². The minimum atomic E-state index is -0.108. The molecule has 0 atom stereocenters. The molecule has 4 rings (SSSR count). The topological polar surface area (TPSA) is 57.0 Å². The molecule has 1 saturated heterocycles. The molecule has 0 unspecified atom stereocenters. The number of rotatable bonds is 9. The standard InChI is InChI=1S/C29H33N3O3/c1-24-27(15-22-35-24)29(34)32(23-26-11-6-3-7-12-26)17-14-28(33)31-20-18-30(19-21-31)16-8-13-25-9-4-2-5-10-25/h2-13,15,22H,14,16-21,23H2,1H3. The van der Waals surface area contributed by atoms with Crippen molar-refractivity contribution >= 4 is 17.9 Å². The number of aryl methyl sites for hydroxylation is 1. The third kappa shape index (κ3) is 6.93. The number of benzene rings is 2. The second kappa shape index (κ2) is 12.2. The van der Waals surface area contributed by atoms with Crippen molar-refractivity contribution in [2.45, 2.75) is 19.9 Å². The van der Waals surface area contributed by atoms with Gasteiger partial charge in [-0.05, 0) is 24.1 Å². The maximum absolute atomic E-state index is 13.2. The molecule has 2 aromatic carbocycles. The predicted molar refractivity (Wildman–Crippen MR) is 138 cm³/mol. The summed E-state index contributed by atoms with van der Waals surface area (Å²) in [5.74, 6) is 0.582. The van der Waals surface area contributed by atoms with Gasteiger partial charge in [-0.15, -0.1) is 0 Å². The van der Waals surface area contributed by atoms with Gasteiger partial charge in [0, 0.05) is 52.2 Å². The molecule has 2 heterocycles. The summed E-state index contributed by atoms with van der Waals surface area (Å²) in [5, 5.41) is 0. The van der Waals surface area contributed by atoms with Gasteiger partial charge in [0.25, 0.3) is 5.91 Å². The van der Waals surface area contributed by atoms with Crippen LogP contribution in [0.2, 0.25) is 0 Å². The zero-order chi connectivity index (χ0) is 24.5. The van der Waals surface area contributed by atoms with Crippen LogP contribution in [-0.2, 0) is 11.3 Å².